The molecule has 0 heterocycles. The number of sulfonamides is 1. The van der Waals surface area contributed by atoms with Crippen molar-refractivity contribution in [3.8, 4) is 0 Å². The van der Waals surface area contributed by atoms with Crippen LogP contribution < -0.4 is 4.72 Å². The van der Waals surface area contributed by atoms with Crippen molar-refractivity contribution in [2.24, 2.45) is 5.92 Å². The van der Waals surface area contributed by atoms with Gasteiger partial charge in [-0.25, -0.2) is 13.1 Å². The van der Waals surface area contributed by atoms with Gasteiger partial charge in [0.1, 0.15) is 0 Å². The van der Waals surface area contributed by atoms with Crippen molar-refractivity contribution in [2.75, 3.05) is 13.2 Å². The van der Waals surface area contributed by atoms with Crippen LogP contribution in [0.25, 0.3) is 0 Å². The van der Waals surface area contributed by atoms with Crippen molar-refractivity contribution in [2.45, 2.75) is 44.4 Å². The van der Waals surface area contributed by atoms with E-state index in [1.807, 2.05) is 19.1 Å². The number of aliphatic hydroxyl groups is 1. The zero-order valence-electron chi connectivity index (χ0n) is 12.3. The van der Waals surface area contributed by atoms with Gasteiger partial charge in [-0.05, 0) is 42.9 Å². The average molecular weight is 299 g/mol. The minimum Gasteiger partial charge on any atom is -0.396 e. The summed E-state index contributed by atoms with van der Waals surface area (Å²) in [6.45, 7) is 4.57. The fourth-order valence-electron chi connectivity index (χ4n) is 2.15. The maximum Gasteiger partial charge on any atom is 0.240 e. The first-order valence-electron chi connectivity index (χ1n) is 7.23. The third-order valence-corrected chi connectivity index (χ3v) is 4.88. The summed E-state index contributed by atoms with van der Waals surface area (Å²) in [6.07, 6.45) is 3.42. The fraction of sp³-hybridized carbons (Fsp3) is 0.600. The number of hydrogen-bond donors (Lipinski definition) is 2. The van der Waals surface area contributed by atoms with E-state index >= 15 is 0 Å². The standard InChI is InChI=1S/C15H25NO3S/c1-3-5-14(10-11-17)12-16-20(18,19)15-8-6-13(4-2)7-9-15/h6-9,14,16-17H,3-5,10-12H2,1-2H3. The molecular formula is C15H25NO3S. The summed E-state index contributed by atoms with van der Waals surface area (Å²) in [5.41, 5.74) is 1.12. The smallest absolute Gasteiger partial charge is 0.240 e. The Morgan fingerprint density at radius 3 is 2.30 bits per heavy atom. The lowest BCUT2D eigenvalue weighted by atomic mass is 10.0. The quantitative estimate of drug-likeness (QED) is 0.735. The molecule has 1 rings (SSSR count). The lowest BCUT2D eigenvalue weighted by Crippen LogP contribution is -2.29. The summed E-state index contributed by atoms with van der Waals surface area (Å²) in [4.78, 5) is 0.300. The third-order valence-electron chi connectivity index (χ3n) is 3.44. The van der Waals surface area contributed by atoms with E-state index in [0.717, 1.165) is 24.8 Å². The number of rotatable bonds is 9. The minimum absolute atomic E-state index is 0.0948. The molecule has 1 aromatic rings. The first-order valence-corrected chi connectivity index (χ1v) is 8.71. The van der Waals surface area contributed by atoms with Crippen molar-refractivity contribution in [3.05, 3.63) is 29.8 Å². The van der Waals surface area contributed by atoms with Crippen molar-refractivity contribution in [1.82, 2.24) is 4.72 Å². The lowest BCUT2D eigenvalue weighted by Gasteiger charge is -2.16. The number of benzene rings is 1. The van der Waals surface area contributed by atoms with Crippen molar-refractivity contribution in [3.63, 3.8) is 0 Å². The molecule has 4 nitrogen and oxygen atoms in total. The van der Waals surface area contributed by atoms with Crippen LogP contribution in [0.5, 0.6) is 0 Å². The van der Waals surface area contributed by atoms with Crippen molar-refractivity contribution in [1.29, 1.82) is 0 Å². The van der Waals surface area contributed by atoms with Crippen LogP contribution in [0.4, 0.5) is 0 Å². The Morgan fingerprint density at radius 2 is 1.80 bits per heavy atom. The molecule has 114 valence electrons. The van der Waals surface area contributed by atoms with Gasteiger partial charge in [0.15, 0.2) is 0 Å². The molecule has 0 aliphatic carbocycles. The number of aryl methyl sites for hydroxylation is 1. The molecule has 0 bridgehead atoms. The maximum atomic E-state index is 12.2. The van der Waals surface area contributed by atoms with E-state index in [0.29, 0.717) is 17.9 Å². The zero-order valence-corrected chi connectivity index (χ0v) is 13.1. The minimum atomic E-state index is -3.45. The van der Waals surface area contributed by atoms with Crippen LogP contribution >= 0.6 is 0 Å². The van der Waals surface area contributed by atoms with Gasteiger partial charge in [-0.15, -0.1) is 0 Å². The molecule has 0 aliphatic heterocycles. The van der Waals surface area contributed by atoms with E-state index in [-0.39, 0.29) is 12.5 Å². The largest absolute Gasteiger partial charge is 0.396 e. The van der Waals surface area contributed by atoms with E-state index in [1.165, 1.54) is 0 Å². The molecule has 1 unspecified atom stereocenters. The topological polar surface area (TPSA) is 66.4 Å². The van der Waals surface area contributed by atoms with Gasteiger partial charge in [-0.2, -0.15) is 0 Å². The molecule has 0 aromatic heterocycles. The Bertz CT molecular complexity index is 476. The highest BCUT2D eigenvalue weighted by Gasteiger charge is 2.16. The second-order valence-electron chi connectivity index (χ2n) is 5.02. The highest BCUT2D eigenvalue weighted by atomic mass is 32.2. The summed E-state index contributed by atoms with van der Waals surface area (Å²) < 4.78 is 27.0. The lowest BCUT2D eigenvalue weighted by molar-refractivity contribution is 0.251. The average Bonchev–Trinajstić information content (AvgIpc) is 2.45. The van der Waals surface area contributed by atoms with Gasteiger partial charge in [0, 0.05) is 13.2 Å². The normalized spacial score (nSPS) is 13.3. The van der Waals surface area contributed by atoms with Gasteiger partial charge in [-0.3, -0.25) is 0 Å². The van der Waals surface area contributed by atoms with E-state index in [1.54, 1.807) is 12.1 Å². The monoisotopic (exact) mass is 299 g/mol. The SMILES string of the molecule is CCCC(CCO)CNS(=O)(=O)c1ccc(CC)cc1. The van der Waals surface area contributed by atoms with Gasteiger partial charge in [-0.1, -0.05) is 32.4 Å². The maximum absolute atomic E-state index is 12.2. The molecule has 0 radical (unpaired) electrons. The molecule has 1 atom stereocenters. The molecule has 0 saturated heterocycles. The predicted octanol–water partition coefficient (Wildman–Crippen LogP) is 2.33. The molecule has 0 aliphatic rings. The molecule has 20 heavy (non-hydrogen) atoms. The summed E-state index contributed by atoms with van der Waals surface area (Å²) in [5.74, 6) is 0.190. The number of aliphatic hydroxyl groups excluding tert-OH is 1. The van der Waals surface area contributed by atoms with Gasteiger partial charge >= 0.3 is 0 Å². The first-order chi connectivity index (χ1) is 9.53. The van der Waals surface area contributed by atoms with Crippen molar-refractivity contribution < 1.29 is 13.5 Å². The van der Waals surface area contributed by atoms with Crippen LogP contribution in [-0.4, -0.2) is 26.7 Å². The molecule has 0 saturated carbocycles. The van der Waals surface area contributed by atoms with E-state index in [2.05, 4.69) is 11.6 Å². The Labute approximate surface area is 122 Å². The van der Waals surface area contributed by atoms with E-state index in [4.69, 9.17) is 5.11 Å². The van der Waals surface area contributed by atoms with Crippen LogP contribution in [0, 0.1) is 5.92 Å². The van der Waals surface area contributed by atoms with Gasteiger partial charge in [0.05, 0.1) is 4.90 Å². The Hall–Kier alpha value is -0.910. The second-order valence-corrected chi connectivity index (χ2v) is 6.78. The van der Waals surface area contributed by atoms with Gasteiger partial charge in [0.25, 0.3) is 0 Å². The first kappa shape index (κ1) is 17.1. The van der Waals surface area contributed by atoms with Gasteiger partial charge in [0.2, 0.25) is 10.0 Å². The summed E-state index contributed by atoms with van der Waals surface area (Å²) >= 11 is 0. The van der Waals surface area contributed by atoms with Gasteiger partial charge < -0.3 is 5.11 Å². The van der Waals surface area contributed by atoms with Crippen LogP contribution in [0.1, 0.15) is 38.7 Å². The molecule has 0 fully saturated rings. The highest BCUT2D eigenvalue weighted by Crippen LogP contribution is 2.14. The Morgan fingerprint density at radius 1 is 1.15 bits per heavy atom. The fourth-order valence-corrected chi connectivity index (χ4v) is 3.27. The third kappa shape index (κ3) is 5.23. The molecule has 0 spiro atoms. The predicted molar refractivity (Wildman–Crippen MR) is 81.1 cm³/mol. The molecule has 0 amide bonds. The van der Waals surface area contributed by atoms with Crippen LogP contribution in [-0.2, 0) is 16.4 Å². The molecular weight excluding hydrogens is 274 g/mol. The second kappa shape index (κ2) is 8.39. The Balaban J connectivity index is 2.68. The highest BCUT2D eigenvalue weighted by molar-refractivity contribution is 7.89. The molecule has 5 heteroatoms. The summed E-state index contributed by atoms with van der Waals surface area (Å²) in [5, 5.41) is 8.99. The molecule has 2 N–H and O–H groups in total. The zero-order chi connectivity index (χ0) is 15.0. The van der Waals surface area contributed by atoms with E-state index in [9.17, 15) is 8.42 Å². The van der Waals surface area contributed by atoms with Crippen LogP contribution in [0.2, 0.25) is 0 Å². The summed E-state index contributed by atoms with van der Waals surface area (Å²) in [6, 6.07) is 6.96. The number of hydrogen-bond acceptors (Lipinski definition) is 3. The molecule has 1 aromatic carbocycles. The number of nitrogens with one attached hydrogen (secondary N) is 1. The summed E-state index contributed by atoms with van der Waals surface area (Å²) in [7, 11) is -3.45. The Kier molecular flexibility index (Phi) is 7.19. The van der Waals surface area contributed by atoms with Crippen molar-refractivity contribution >= 4 is 10.0 Å². The van der Waals surface area contributed by atoms with E-state index < -0.39 is 10.0 Å². The van der Waals surface area contributed by atoms with Crippen LogP contribution in [0.3, 0.4) is 0 Å². The van der Waals surface area contributed by atoms with Crippen LogP contribution in [0.15, 0.2) is 29.2 Å².